The monoisotopic (exact) mass is 367 g/mol. The summed E-state index contributed by atoms with van der Waals surface area (Å²) < 4.78 is 5.47. The predicted molar refractivity (Wildman–Crippen MR) is 92.2 cm³/mol. The molecule has 0 atom stereocenters. The number of nitrogens with zero attached hydrogens (tertiary/aromatic N) is 2. The van der Waals surface area contributed by atoms with Crippen LogP contribution in [0.5, 0.6) is 5.75 Å². The molecule has 0 aliphatic heterocycles. The predicted octanol–water partition coefficient (Wildman–Crippen LogP) is 3.41. The molecule has 0 aliphatic rings. The van der Waals surface area contributed by atoms with Crippen molar-refractivity contribution in [1.29, 1.82) is 0 Å². The van der Waals surface area contributed by atoms with Gasteiger partial charge in [0, 0.05) is 23.0 Å². The van der Waals surface area contributed by atoms with Crippen molar-refractivity contribution in [1.82, 2.24) is 4.98 Å². The molecule has 1 heterocycles. The smallest absolute Gasteiger partial charge is 0.335 e. The largest absolute Gasteiger partial charge is 0.492 e. The molecule has 8 heteroatoms. The van der Waals surface area contributed by atoms with Crippen LogP contribution in [0.4, 0.5) is 0 Å². The second-order valence-corrected chi connectivity index (χ2v) is 5.55. The fourth-order valence-electron chi connectivity index (χ4n) is 1.70. The number of amidine groups is 1. The van der Waals surface area contributed by atoms with E-state index in [9.17, 15) is 4.79 Å². The summed E-state index contributed by atoms with van der Waals surface area (Å²) in [5, 5.41) is 4.53. The molecule has 2 aromatic rings. The summed E-state index contributed by atoms with van der Waals surface area (Å²) in [7, 11) is 0. The zero-order valence-corrected chi connectivity index (χ0v) is 14.1. The summed E-state index contributed by atoms with van der Waals surface area (Å²) in [6.07, 6.45) is 3.71. The zero-order chi connectivity index (χ0) is 17.4. The highest BCUT2D eigenvalue weighted by Crippen LogP contribution is 2.27. The van der Waals surface area contributed by atoms with Crippen LogP contribution in [0.1, 0.15) is 18.4 Å². The average Bonchev–Trinajstić information content (AvgIpc) is 2.59. The molecule has 24 heavy (non-hydrogen) atoms. The fraction of sp³-hybridized carbons (Fsp3) is 0.188. The van der Waals surface area contributed by atoms with Crippen LogP contribution in [0.3, 0.4) is 0 Å². The van der Waals surface area contributed by atoms with E-state index < -0.39 is 5.97 Å². The van der Waals surface area contributed by atoms with Crippen LogP contribution in [0.25, 0.3) is 0 Å². The molecule has 2 N–H and O–H groups in total. The lowest BCUT2D eigenvalue weighted by molar-refractivity contribution is -0.143. The second-order valence-electron chi connectivity index (χ2n) is 4.71. The molecule has 126 valence electrons. The lowest BCUT2D eigenvalue weighted by atomic mass is 10.3. The lowest BCUT2D eigenvalue weighted by Crippen LogP contribution is -2.15. The van der Waals surface area contributed by atoms with Crippen molar-refractivity contribution < 1.29 is 14.4 Å². The quantitative estimate of drug-likeness (QED) is 0.266. The van der Waals surface area contributed by atoms with E-state index in [1.165, 1.54) is 6.20 Å². The first-order valence-corrected chi connectivity index (χ1v) is 7.83. The van der Waals surface area contributed by atoms with Gasteiger partial charge in [-0.25, -0.2) is 4.79 Å². The lowest BCUT2D eigenvalue weighted by Gasteiger charge is -2.07. The van der Waals surface area contributed by atoms with Crippen molar-refractivity contribution >= 4 is 35.0 Å². The second kappa shape index (κ2) is 9.10. The molecular formula is C16H15Cl2N3O3. The summed E-state index contributed by atoms with van der Waals surface area (Å²) in [6.45, 7) is 0.304. The van der Waals surface area contributed by atoms with Crippen molar-refractivity contribution in [3.63, 3.8) is 0 Å². The topological polar surface area (TPSA) is 86.8 Å². The van der Waals surface area contributed by atoms with Crippen LogP contribution >= 0.6 is 23.2 Å². The van der Waals surface area contributed by atoms with Crippen molar-refractivity contribution in [3.05, 3.63) is 58.3 Å². The third kappa shape index (κ3) is 5.72. The van der Waals surface area contributed by atoms with Gasteiger partial charge in [0.05, 0.1) is 18.1 Å². The first kappa shape index (κ1) is 18.0. The number of carbonyl (C=O) groups is 1. The molecule has 2 rings (SSSR count). The number of oxime groups is 1. The molecule has 0 radical (unpaired) electrons. The van der Waals surface area contributed by atoms with E-state index in [-0.39, 0.29) is 12.3 Å². The van der Waals surface area contributed by atoms with Gasteiger partial charge in [0.15, 0.2) is 5.84 Å². The summed E-state index contributed by atoms with van der Waals surface area (Å²) in [4.78, 5) is 20.2. The standard InChI is InChI=1S/C16H15Cl2N3O3/c17-12-5-6-14(13(18)9-12)23-8-2-4-15(22)24-21-16(19)11-3-1-7-20-10-11/h1,3,5-7,9-10H,2,4,8H2,(H2,19,21). The number of hydrogen-bond acceptors (Lipinski definition) is 5. The van der Waals surface area contributed by atoms with E-state index in [2.05, 4.69) is 10.1 Å². The highest BCUT2D eigenvalue weighted by Gasteiger charge is 2.06. The Morgan fingerprint density at radius 1 is 1.29 bits per heavy atom. The molecule has 1 aromatic heterocycles. The van der Waals surface area contributed by atoms with Crippen molar-refractivity contribution in [2.75, 3.05) is 6.61 Å². The van der Waals surface area contributed by atoms with E-state index in [0.29, 0.717) is 34.4 Å². The van der Waals surface area contributed by atoms with E-state index in [0.717, 1.165) is 0 Å². The van der Waals surface area contributed by atoms with Crippen LogP contribution in [-0.4, -0.2) is 23.4 Å². The van der Waals surface area contributed by atoms with Gasteiger partial charge in [-0.05, 0) is 36.8 Å². The first-order valence-electron chi connectivity index (χ1n) is 7.08. The summed E-state index contributed by atoms with van der Waals surface area (Å²) >= 11 is 11.8. The van der Waals surface area contributed by atoms with E-state index in [1.54, 1.807) is 36.5 Å². The molecule has 0 saturated carbocycles. The number of halogens is 2. The van der Waals surface area contributed by atoms with Crippen molar-refractivity contribution in [3.8, 4) is 5.75 Å². The molecule has 0 bridgehead atoms. The van der Waals surface area contributed by atoms with Gasteiger partial charge in [0.1, 0.15) is 5.75 Å². The number of aromatic nitrogens is 1. The SMILES string of the molecule is N/C(=N/OC(=O)CCCOc1ccc(Cl)cc1Cl)c1cccnc1. The Balaban J connectivity index is 1.72. The van der Waals surface area contributed by atoms with Gasteiger partial charge in [-0.1, -0.05) is 28.4 Å². The number of benzene rings is 1. The molecule has 0 spiro atoms. The van der Waals surface area contributed by atoms with E-state index in [4.69, 9.17) is 38.5 Å². The Bertz CT molecular complexity index is 724. The Kier molecular flexibility index (Phi) is 6.84. The summed E-state index contributed by atoms with van der Waals surface area (Å²) in [6, 6.07) is 8.35. The molecule has 0 saturated heterocycles. The van der Waals surface area contributed by atoms with Gasteiger partial charge in [-0.2, -0.15) is 0 Å². The van der Waals surface area contributed by atoms with E-state index in [1.807, 2.05) is 0 Å². The number of hydrogen-bond donors (Lipinski definition) is 1. The maximum atomic E-state index is 11.6. The normalized spacial score (nSPS) is 11.2. The van der Waals surface area contributed by atoms with Gasteiger partial charge in [-0.3, -0.25) is 4.98 Å². The highest BCUT2D eigenvalue weighted by atomic mass is 35.5. The molecule has 0 amide bonds. The minimum atomic E-state index is -0.507. The third-order valence-corrected chi connectivity index (χ3v) is 3.41. The maximum Gasteiger partial charge on any atom is 0.335 e. The number of rotatable bonds is 7. The number of ether oxygens (including phenoxy) is 1. The average molecular weight is 368 g/mol. The van der Waals surface area contributed by atoms with Gasteiger partial charge < -0.3 is 15.3 Å². The number of nitrogens with two attached hydrogens (primary N) is 1. The first-order chi connectivity index (χ1) is 11.6. The molecule has 0 fully saturated rings. The fourth-order valence-corrected chi connectivity index (χ4v) is 2.17. The van der Waals surface area contributed by atoms with Crippen LogP contribution in [0.15, 0.2) is 47.9 Å². The van der Waals surface area contributed by atoms with Gasteiger partial charge in [0.25, 0.3) is 0 Å². The van der Waals surface area contributed by atoms with Gasteiger partial charge in [-0.15, -0.1) is 0 Å². The van der Waals surface area contributed by atoms with Gasteiger partial charge in [0.2, 0.25) is 0 Å². The Labute approximate surface area is 149 Å². The molecule has 6 nitrogen and oxygen atoms in total. The van der Waals surface area contributed by atoms with Crippen molar-refractivity contribution in [2.45, 2.75) is 12.8 Å². The minimum Gasteiger partial charge on any atom is -0.492 e. The minimum absolute atomic E-state index is 0.0839. The van der Waals surface area contributed by atoms with Crippen LogP contribution in [0, 0.1) is 0 Å². The number of carbonyl (C=O) groups excluding carboxylic acids is 1. The van der Waals surface area contributed by atoms with Crippen molar-refractivity contribution in [2.24, 2.45) is 10.9 Å². The van der Waals surface area contributed by atoms with Crippen LogP contribution in [-0.2, 0) is 9.63 Å². The van der Waals surface area contributed by atoms with Crippen LogP contribution < -0.4 is 10.5 Å². The zero-order valence-electron chi connectivity index (χ0n) is 12.6. The van der Waals surface area contributed by atoms with Crippen LogP contribution in [0.2, 0.25) is 10.0 Å². The summed E-state index contributed by atoms with van der Waals surface area (Å²) in [5.41, 5.74) is 6.26. The summed E-state index contributed by atoms with van der Waals surface area (Å²) in [5.74, 6) is 0.0848. The van der Waals surface area contributed by atoms with E-state index >= 15 is 0 Å². The molecular weight excluding hydrogens is 353 g/mol. The molecule has 1 aromatic carbocycles. The highest BCUT2D eigenvalue weighted by molar-refractivity contribution is 6.35. The Hall–Kier alpha value is -2.31. The molecule has 0 aliphatic carbocycles. The Morgan fingerprint density at radius 3 is 2.83 bits per heavy atom. The third-order valence-electron chi connectivity index (χ3n) is 2.88. The molecule has 0 unspecified atom stereocenters. The Morgan fingerprint density at radius 2 is 2.12 bits per heavy atom. The number of pyridine rings is 1. The van der Waals surface area contributed by atoms with Gasteiger partial charge >= 0.3 is 5.97 Å². The maximum absolute atomic E-state index is 11.6.